The number of amides is 1. The minimum atomic E-state index is -0.478. The van der Waals surface area contributed by atoms with E-state index in [2.05, 4.69) is 5.32 Å². The molecular weight excluding hydrogens is 287 g/mol. The number of fused-ring (bicyclic) bond motifs is 1. The van der Waals surface area contributed by atoms with E-state index in [0.29, 0.717) is 11.3 Å². The van der Waals surface area contributed by atoms with Gasteiger partial charge < -0.3 is 11.1 Å². The molecule has 2 aromatic carbocycles. The third-order valence-electron chi connectivity index (χ3n) is 3.36. The molecule has 0 unspecified atom stereocenters. The van der Waals surface area contributed by atoms with Crippen LogP contribution in [0.4, 0.5) is 15.8 Å². The number of rotatable bonds is 2. The van der Waals surface area contributed by atoms with Crippen LogP contribution in [0.1, 0.15) is 15.9 Å². The molecule has 0 aliphatic carbocycles. The van der Waals surface area contributed by atoms with E-state index in [1.54, 1.807) is 18.3 Å². The van der Waals surface area contributed by atoms with Crippen molar-refractivity contribution in [3.05, 3.63) is 58.7 Å². The number of benzene rings is 2. The maximum atomic E-state index is 13.6. The molecule has 1 heterocycles. The van der Waals surface area contributed by atoms with E-state index in [4.69, 9.17) is 5.73 Å². The number of anilines is 2. The van der Waals surface area contributed by atoms with E-state index in [1.165, 1.54) is 12.1 Å². The quantitative estimate of drug-likeness (QED) is 0.697. The Morgan fingerprint density at radius 1 is 1.24 bits per heavy atom. The van der Waals surface area contributed by atoms with Crippen LogP contribution in [0.3, 0.4) is 0 Å². The van der Waals surface area contributed by atoms with Crippen molar-refractivity contribution in [1.29, 1.82) is 0 Å². The minimum absolute atomic E-state index is 0.209. The third kappa shape index (κ3) is 2.60. The monoisotopic (exact) mass is 300 g/mol. The smallest absolute Gasteiger partial charge is 0.255 e. The number of nitrogens with one attached hydrogen (secondary N) is 1. The van der Waals surface area contributed by atoms with Gasteiger partial charge in [0.1, 0.15) is 5.82 Å². The highest BCUT2D eigenvalue weighted by Gasteiger charge is 2.11. The maximum absolute atomic E-state index is 13.6. The van der Waals surface area contributed by atoms with E-state index in [9.17, 15) is 9.18 Å². The van der Waals surface area contributed by atoms with Crippen LogP contribution >= 0.6 is 11.3 Å². The lowest BCUT2D eigenvalue weighted by atomic mass is 10.1. The number of halogens is 1. The molecule has 21 heavy (non-hydrogen) atoms. The van der Waals surface area contributed by atoms with Gasteiger partial charge >= 0.3 is 0 Å². The zero-order valence-corrected chi connectivity index (χ0v) is 12.1. The van der Waals surface area contributed by atoms with Gasteiger partial charge in [-0.3, -0.25) is 4.79 Å². The minimum Gasteiger partial charge on any atom is -0.398 e. The van der Waals surface area contributed by atoms with E-state index >= 15 is 0 Å². The first-order valence-corrected chi connectivity index (χ1v) is 7.27. The second kappa shape index (κ2) is 5.18. The standard InChI is InChI=1S/C16H13FN2OS/c1-9-13(17)7-11(8-14(9)18)16(20)19-12-2-3-15-10(6-12)4-5-21-15/h2-8H,18H2,1H3,(H,19,20). The normalized spacial score (nSPS) is 10.8. The molecule has 0 fully saturated rings. The number of hydrogen-bond donors (Lipinski definition) is 2. The molecule has 0 saturated carbocycles. The SMILES string of the molecule is Cc1c(N)cc(C(=O)Nc2ccc3sccc3c2)cc1F. The first-order valence-electron chi connectivity index (χ1n) is 6.39. The molecule has 1 aromatic heterocycles. The Morgan fingerprint density at radius 3 is 2.81 bits per heavy atom. The summed E-state index contributed by atoms with van der Waals surface area (Å²) >= 11 is 1.64. The van der Waals surface area contributed by atoms with Gasteiger partial charge in [-0.15, -0.1) is 11.3 Å². The molecule has 3 N–H and O–H groups in total. The summed E-state index contributed by atoms with van der Waals surface area (Å²) in [5.41, 5.74) is 7.20. The molecule has 0 aliphatic heterocycles. The van der Waals surface area contributed by atoms with Crippen molar-refractivity contribution < 1.29 is 9.18 Å². The van der Waals surface area contributed by atoms with Crippen molar-refractivity contribution in [3.63, 3.8) is 0 Å². The molecule has 3 nitrogen and oxygen atoms in total. The van der Waals surface area contributed by atoms with E-state index in [1.807, 2.05) is 29.6 Å². The Kier molecular flexibility index (Phi) is 3.35. The first kappa shape index (κ1) is 13.6. The van der Waals surface area contributed by atoms with Gasteiger partial charge in [0.25, 0.3) is 5.91 Å². The van der Waals surface area contributed by atoms with Crippen molar-refractivity contribution in [3.8, 4) is 0 Å². The summed E-state index contributed by atoms with van der Waals surface area (Å²) in [5, 5.41) is 5.81. The third-order valence-corrected chi connectivity index (χ3v) is 4.25. The summed E-state index contributed by atoms with van der Waals surface area (Å²) in [5.74, 6) is -0.858. The molecule has 0 saturated heterocycles. The molecule has 0 radical (unpaired) electrons. The van der Waals surface area contributed by atoms with Crippen LogP contribution in [-0.4, -0.2) is 5.91 Å². The van der Waals surface area contributed by atoms with Gasteiger partial charge in [-0.25, -0.2) is 4.39 Å². The van der Waals surface area contributed by atoms with Gasteiger partial charge in [0, 0.05) is 27.2 Å². The summed E-state index contributed by atoms with van der Waals surface area (Å²) < 4.78 is 14.8. The van der Waals surface area contributed by atoms with Crippen molar-refractivity contribution >= 4 is 38.7 Å². The van der Waals surface area contributed by atoms with Gasteiger partial charge in [-0.05, 0) is 54.1 Å². The second-order valence-corrected chi connectivity index (χ2v) is 5.75. The lowest BCUT2D eigenvalue weighted by Gasteiger charge is -2.08. The Labute approximate surface area is 125 Å². The summed E-state index contributed by atoms with van der Waals surface area (Å²) in [7, 11) is 0. The summed E-state index contributed by atoms with van der Waals surface area (Å²) in [4.78, 5) is 12.2. The summed E-state index contributed by atoms with van der Waals surface area (Å²) in [6, 6.07) is 10.3. The predicted octanol–water partition coefficient (Wildman–Crippen LogP) is 4.18. The largest absolute Gasteiger partial charge is 0.398 e. The van der Waals surface area contributed by atoms with Crippen LogP contribution in [0, 0.1) is 12.7 Å². The Hall–Kier alpha value is -2.40. The highest BCUT2D eigenvalue weighted by atomic mass is 32.1. The summed E-state index contributed by atoms with van der Waals surface area (Å²) in [6.45, 7) is 1.58. The maximum Gasteiger partial charge on any atom is 0.255 e. The molecular formula is C16H13FN2OS. The van der Waals surface area contributed by atoms with Crippen molar-refractivity contribution in [2.45, 2.75) is 6.92 Å². The number of carbonyl (C=O) groups excluding carboxylic acids is 1. The number of nitrogen functional groups attached to an aromatic ring is 1. The van der Waals surface area contributed by atoms with Crippen molar-refractivity contribution in [1.82, 2.24) is 0 Å². The Bertz CT molecular complexity index is 818. The average molecular weight is 300 g/mol. The Morgan fingerprint density at radius 2 is 2.05 bits per heavy atom. The molecule has 0 aliphatic rings. The number of carbonyl (C=O) groups is 1. The van der Waals surface area contributed by atoms with Gasteiger partial charge in [0.15, 0.2) is 0 Å². The van der Waals surface area contributed by atoms with E-state index < -0.39 is 5.82 Å². The molecule has 3 aromatic rings. The Balaban J connectivity index is 1.88. The fourth-order valence-corrected chi connectivity index (χ4v) is 2.85. The molecule has 3 rings (SSSR count). The second-order valence-electron chi connectivity index (χ2n) is 4.80. The fraction of sp³-hybridized carbons (Fsp3) is 0.0625. The van der Waals surface area contributed by atoms with Crippen LogP contribution in [0.15, 0.2) is 41.8 Å². The first-order chi connectivity index (χ1) is 10.0. The number of hydrogen-bond acceptors (Lipinski definition) is 3. The average Bonchev–Trinajstić information content (AvgIpc) is 2.91. The zero-order valence-electron chi connectivity index (χ0n) is 11.3. The topological polar surface area (TPSA) is 55.1 Å². The van der Waals surface area contributed by atoms with Crippen molar-refractivity contribution in [2.75, 3.05) is 11.1 Å². The van der Waals surface area contributed by atoms with Gasteiger partial charge in [-0.2, -0.15) is 0 Å². The summed E-state index contributed by atoms with van der Waals surface area (Å²) in [6.07, 6.45) is 0. The van der Waals surface area contributed by atoms with Crippen LogP contribution in [-0.2, 0) is 0 Å². The van der Waals surface area contributed by atoms with Crippen LogP contribution in [0.25, 0.3) is 10.1 Å². The molecule has 106 valence electrons. The predicted molar refractivity (Wildman–Crippen MR) is 85.3 cm³/mol. The number of nitrogens with two attached hydrogens (primary N) is 1. The lowest BCUT2D eigenvalue weighted by molar-refractivity contribution is 0.102. The van der Waals surface area contributed by atoms with Crippen LogP contribution < -0.4 is 11.1 Å². The highest BCUT2D eigenvalue weighted by molar-refractivity contribution is 7.17. The lowest BCUT2D eigenvalue weighted by Crippen LogP contribution is -2.13. The van der Waals surface area contributed by atoms with Crippen LogP contribution in [0.2, 0.25) is 0 Å². The molecule has 0 atom stereocenters. The van der Waals surface area contributed by atoms with Gasteiger partial charge in [0.2, 0.25) is 0 Å². The highest BCUT2D eigenvalue weighted by Crippen LogP contribution is 2.25. The van der Waals surface area contributed by atoms with Gasteiger partial charge in [-0.1, -0.05) is 0 Å². The fourth-order valence-electron chi connectivity index (χ4n) is 2.08. The van der Waals surface area contributed by atoms with Crippen LogP contribution in [0.5, 0.6) is 0 Å². The van der Waals surface area contributed by atoms with Crippen molar-refractivity contribution in [2.24, 2.45) is 0 Å². The molecule has 5 heteroatoms. The number of thiophene rings is 1. The molecule has 1 amide bonds. The molecule has 0 spiro atoms. The van der Waals surface area contributed by atoms with E-state index in [0.717, 1.165) is 10.1 Å². The van der Waals surface area contributed by atoms with Gasteiger partial charge in [0.05, 0.1) is 0 Å². The van der Waals surface area contributed by atoms with E-state index in [-0.39, 0.29) is 17.2 Å². The molecule has 0 bridgehead atoms. The zero-order chi connectivity index (χ0) is 15.0.